The highest BCUT2D eigenvalue weighted by atomic mass is 16.5. The van der Waals surface area contributed by atoms with Crippen molar-refractivity contribution in [1.82, 2.24) is 0 Å². The Morgan fingerprint density at radius 2 is 1.93 bits per heavy atom. The summed E-state index contributed by atoms with van der Waals surface area (Å²) in [5.74, 6) is -0.245. The van der Waals surface area contributed by atoms with Crippen molar-refractivity contribution in [2.24, 2.45) is 5.92 Å². The number of carbonyl (C=O) groups is 1. The van der Waals surface area contributed by atoms with E-state index in [4.69, 9.17) is 4.74 Å². The molecule has 0 radical (unpaired) electrons. The number of hydrogen-bond donors (Lipinski definition) is 2. The van der Waals surface area contributed by atoms with Crippen molar-refractivity contribution in [2.75, 3.05) is 6.61 Å². The second kappa shape index (κ2) is 9.63. The van der Waals surface area contributed by atoms with E-state index < -0.39 is 0 Å². The van der Waals surface area contributed by atoms with Gasteiger partial charge in [0.1, 0.15) is 18.1 Å². The average molecular weight is 373 g/mol. The van der Waals surface area contributed by atoms with Crippen LogP contribution in [0.1, 0.15) is 69.9 Å². The highest BCUT2D eigenvalue weighted by Gasteiger charge is 2.31. The number of phenols is 2. The van der Waals surface area contributed by atoms with Crippen molar-refractivity contribution in [3.8, 4) is 11.5 Å². The molecule has 0 spiro atoms. The topological polar surface area (TPSA) is 66.8 Å². The van der Waals surface area contributed by atoms with E-state index in [1.165, 1.54) is 12.5 Å². The third-order valence-electron chi connectivity index (χ3n) is 5.33. The molecule has 0 heterocycles. The lowest BCUT2D eigenvalue weighted by atomic mass is 9.73. The molecular weight excluding hydrogens is 340 g/mol. The molecule has 27 heavy (non-hydrogen) atoms. The van der Waals surface area contributed by atoms with Crippen LogP contribution in [0.25, 0.3) is 0 Å². The molecular formula is C23H32O4. The molecule has 148 valence electrons. The molecule has 1 aromatic rings. The molecule has 4 heteroatoms. The summed E-state index contributed by atoms with van der Waals surface area (Å²) < 4.78 is 5.12. The quantitative estimate of drug-likeness (QED) is 0.365. The smallest absolute Gasteiger partial charge is 0.302 e. The van der Waals surface area contributed by atoms with E-state index in [1.807, 2.05) is 0 Å². The predicted octanol–water partition coefficient (Wildman–Crippen LogP) is 5.39. The molecule has 2 rings (SSSR count). The minimum absolute atomic E-state index is 0.00999. The number of phenolic OH excluding ortho intramolecular Hbond substituents is 2. The number of aryl methyl sites for hydroxylation is 1. The van der Waals surface area contributed by atoms with Crippen LogP contribution in [-0.2, 0) is 16.0 Å². The standard InChI is InChI=1S/C23H32O4/c1-5-6-7-8-18-12-21(25)23(22(26)13-18)20-11-15(2)9-10-19(20)16(3)14-27-17(4)24/h11-13,19-20,25-26H,3,5-10,14H2,1-2,4H3/t19-,20+/m0/s1. The van der Waals surface area contributed by atoms with E-state index in [9.17, 15) is 15.0 Å². The monoisotopic (exact) mass is 372 g/mol. The molecule has 2 atom stereocenters. The number of hydrogen-bond acceptors (Lipinski definition) is 4. The molecule has 0 saturated carbocycles. The maximum atomic E-state index is 11.1. The van der Waals surface area contributed by atoms with Gasteiger partial charge in [-0.05, 0) is 61.8 Å². The first kappa shape index (κ1) is 21.1. The van der Waals surface area contributed by atoms with E-state index in [1.54, 1.807) is 12.1 Å². The molecule has 1 aromatic carbocycles. The van der Waals surface area contributed by atoms with Gasteiger partial charge in [-0.1, -0.05) is 38.0 Å². The van der Waals surface area contributed by atoms with Gasteiger partial charge in [-0.25, -0.2) is 0 Å². The highest BCUT2D eigenvalue weighted by Crippen LogP contribution is 2.46. The van der Waals surface area contributed by atoms with Gasteiger partial charge in [0.05, 0.1) is 0 Å². The lowest BCUT2D eigenvalue weighted by Crippen LogP contribution is -2.21. The minimum atomic E-state index is -0.336. The van der Waals surface area contributed by atoms with Crippen LogP contribution in [0.15, 0.2) is 35.9 Å². The second-order valence-corrected chi connectivity index (χ2v) is 7.63. The van der Waals surface area contributed by atoms with Crippen molar-refractivity contribution in [2.45, 2.75) is 65.2 Å². The summed E-state index contributed by atoms with van der Waals surface area (Å²) >= 11 is 0. The number of benzene rings is 1. The molecule has 0 aliphatic heterocycles. The summed E-state index contributed by atoms with van der Waals surface area (Å²) in [5, 5.41) is 21.4. The van der Waals surface area contributed by atoms with Gasteiger partial charge >= 0.3 is 5.97 Å². The van der Waals surface area contributed by atoms with E-state index in [0.717, 1.165) is 49.7 Å². The Morgan fingerprint density at radius 1 is 1.26 bits per heavy atom. The maximum Gasteiger partial charge on any atom is 0.302 e. The van der Waals surface area contributed by atoms with E-state index >= 15 is 0 Å². The Morgan fingerprint density at radius 3 is 2.52 bits per heavy atom. The molecule has 2 N–H and O–H groups in total. The van der Waals surface area contributed by atoms with Crippen LogP contribution in [-0.4, -0.2) is 22.8 Å². The molecule has 0 aromatic heterocycles. The number of carbonyl (C=O) groups excluding carboxylic acids is 1. The fourth-order valence-electron chi connectivity index (χ4n) is 3.86. The van der Waals surface area contributed by atoms with Crippen LogP contribution in [0, 0.1) is 5.92 Å². The van der Waals surface area contributed by atoms with Gasteiger partial charge in [0.25, 0.3) is 0 Å². The van der Waals surface area contributed by atoms with Crippen molar-refractivity contribution in [1.29, 1.82) is 0 Å². The molecule has 1 aliphatic rings. The first-order valence-electron chi connectivity index (χ1n) is 9.86. The Labute approximate surface area is 162 Å². The summed E-state index contributed by atoms with van der Waals surface area (Å²) in [5.41, 5.74) is 3.53. The lowest BCUT2D eigenvalue weighted by Gasteiger charge is -2.32. The lowest BCUT2D eigenvalue weighted by molar-refractivity contribution is -0.140. The molecule has 0 unspecified atom stereocenters. The average Bonchev–Trinajstić information content (AvgIpc) is 2.59. The number of ether oxygens (including phenoxy) is 1. The van der Waals surface area contributed by atoms with Gasteiger partial charge in [-0.3, -0.25) is 4.79 Å². The van der Waals surface area contributed by atoms with Crippen molar-refractivity contribution < 1.29 is 19.7 Å². The summed E-state index contributed by atoms with van der Waals surface area (Å²) in [4.78, 5) is 11.1. The molecule has 0 fully saturated rings. The van der Waals surface area contributed by atoms with Gasteiger partial charge in [-0.15, -0.1) is 0 Å². The second-order valence-electron chi connectivity index (χ2n) is 7.63. The Kier molecular flexibility index (Phi) is 7.52. The SMILES string of the molecule is C=C(COC(C)=O)[C@@H]1CCC(C)=C[C@H]1c1c(O)cc(CCCCC)cc1O. The third kappa shape index (κ3) is 5.62. The highest BCUT2D eigenvalue weighted by molar-refractivity contribution is 5.66. The summed E-state index contributed by atoms with van der Waals surface area (Å²) in [6, 6.07) is 3.54. The largest absolute Gasteiger partial charge is 0.507 e. The Hall–Kier alpha value is -2.23. The summed E-state index contributed by atoms with van der Waals surface area (Å²) in [6.07, 6.45) is 8.02. The van der Waals surface area contributed by atoms with Crippen LogP contribution in [0.2, 0.25) is 0 Å². The minimum Gasteiger partial charge on any atom is -0.507 e. The van der Waals surface area contributed by atoms with Gasteiger partial charge in [-0.2, -0.15) is 0 Å². The predicted molar refractivity (Wildman–Crippen MR) is 108 cm³/mol. The first-order chi connectivity index (χ1) is 12.8. The van der Waals surface area contributed by atoms with E-state index in [2.05, 4.69) is 26.5 Å². The van der Waals surface area contributed by atoms with Crippen LogP contribution >= 0.6 is 0 Å². The fraction of sp³-hybridized carbons (Fsp3) is 0.522. The van der Waals surface area contributed by atoms with Crippen LogP contribution < -0.4 is 0 Å². The number of rotatable bonds is 8. The fourth-order valence-corrected chi connectivity index (χ4v) is 3.86. The van der Waals surface area contributed by atoms with E-state index in [0.29, 0.717) is 5.56 Å². The third-order valence-corrected chi connectivity index (χ3v) is 5.33. The zero-order chi connectivity index (χ0) is 20.0. The molecule has 1 aliphatic carbocycles. The van der Waals surface area contributed by atoms with E-state index in [-0.39, 0.29) is 35.9 Å². The molecule has 0 bridgehead atoms. The maximum absolute atomic E-state index is 11.1. The number of esters is 1. The molecule has 4 nitrogen and oxygen atoms in total. The zero-order valence-electron chi connectivity index (χ0n) is 16.8. The van der Waals surface area contributed by atoms with Crippen LogP contribution in [0.4, 0.5) is 0 Å². The number of unbranched alkanes of at least 4 members (excludes halogenated alkanes) is 2. The Balaban J connectivity index is 2.29. The van der Waals surface area contributed by atoms with Crippen molar-refractivity contribution in [3.63, 3.8) is 0 Å². The van der Waals surface area contributed by atoms with Crippen LogP contribution in [0.5, 0.6) is 11.5 Å². The van der Waals surface area contributed by atoms with Crippen molar-refractivity contribution >= 4 is 5.97 Å². The summed E-state index contributed by atoms with van der Waals surface area (Å²) in [6.45, 7) is 9.87. The van der Waals surface area contributed by atoms with Gasteiger partial charge < -0.3 is 14.9 Å². The molecule has 0 saturated heterocycles. The van der Waals surface area contributed by atoms with Gasteiger partial charge in [0.15, 0.2) is 0 Å². The number of aromatic hydroxyl groups is 2. The summed E-state index contributed by atoms with van der Waals surface area (Å²) in [7, 11) is 0. The molecule has 0 amide bonds. The Bertz CT molecular complexity index is 694. The number of allylic oxidation sites excluding steroid dienone is 2. The normalized spacial score (nSPS) is 19.4. The van der Waals surface area contributed by atoms with Gasteiger partial charge in [0.2, 0.25) is 0 Å². The first-order valence-corrected chi connectivity index (χ1v) is 9.86. The van der Waals surface area contributed by atoms with Crippen LogP contribution in [0.3, 0.4) is 0 Å². The van der Waals surface area contributed by atoms with Crippen molar-refractivity contribution in [3.05, 3.63) is 47.1 Å². The van der Waals surface area contributed by atoms with Gasteiger partial charge in [0, 0.05) is 18.4 Å². The zero-order valence-corrected chi connectivity index (χ0v) is 16.8.